The van der Waals surface area contributed by atoms with Crippen LogP contribution < -0.4 is 0 Å². The molecule has 2 aromatic rings. The quantitative estimate of drug-likeness (QED) is 0.181. The molecular weight excluding hydrogens is 423 g/mol. The number of nitrogens with zero attached hydrogens (tertiary/aromatic N) is 2. The van der Waals surface area contributed by atoms with Crippen molar-refractivity contribution in [2.45, 2.75) is 92.9 Å². The zero-order valence-electron chi connectivity index (χ0n) is 20.3. The molecule has 31 heavy (non-hydrogen) atoms. The standard InChI is InChI=1S/C28H40N2.Ni/c1-7-9-11-13-27(29-25-17-15-21(3)23(5)19-25)28(14-12-10-8-2)30-26-18-16-22(4)24(6)20-26;/h15-20H,7-14H2,1-6H3;. The maximum absolute atomic E-state index is 5.13. The van der Waals surface area contributed by atoms with Gasteiger partial charge in [0.05, 0.1) is 22.8 Å². The van der Waals surface area contributed by atoms with Crippen LogP contribution in [-0.4, -0.2) is 11.4 Å². The molecule has 2 rings (SSSR count). The third kappa shape index (κ3) is 9.11. The number of rotatable bonds is 11. The van der Waals surface area contributed by atoms with Crippen LogP contribution in [0.1, 0.15) is 87.5 Å². The monoisotopic (exact) mass is 462 g/mol. The Morgan fingerprint density at radius 2 is 0.968 bits per heavy atom. The molecule has 0 radical (unpaired) electrons. The summed E-state index contributed by atoms with van der Waals surface area (Å²) in [6.07, 6.45) is 9.23. The van der Waals surface area contributed by atoms with E-state index in [9.17, 15) is 0 Å². The molecular formula is C28H40N2Ni. The summed E-state index contributed by atoms with van der Waals surface area (Å²) in [4.78, 5) is 10.3. The van der Waals surface area contributed by atoms with Crippen molar-refractivity contribution in [3.8, 4) is 0 Å². The summed E-state index contributed by atoms with van der Waals surface area (Å²) < 4.78 is 0. The maximum Gasteiger partial charge on any atom is 0.0636 e. The molecule has 0 aliphatic carbocycles. The maximum atomic E-state index is 5.13. The van der Waals surface area contributed by atoms with E-state index >= 15 is 0 Å². The van der Waals surface area contributed by atoms with E-state index in [0.717, 1.165) is 24.2 Å². The van der Waals surface area contributed by atoms with Crippen molar-refractivity contribution in [2.75, 3.05) is 0 Å². The van der Waals surface area contributed by atoms with Gasteiger partial charge in [-0.05, 0) is 99.9 Å². The van der Waals surface area contributed by atoms with Crippen LogP contribution in [0.15, 0.2) is 46.4 Å². The molecule has 0 amide bonds. The zero-order chi connectivity index (χ0) is 21.9. The van der Waals surface area contributed by atoms with Gasteiger partial charge in [0.25, 0.3) is 0 Å². The summed E-state index contributed by atoms with van der Waals surface area (Å²) in [6, 6.07) is 13.0. The Morgan fingerprint density at radius 3 is 1.29 bits per heavy atom. The summed E-state index contributed by atoms with van der Waals surface area (Å²) in [7, 11) is 0. The second kappa shape index (κ2) is 14.4. The van der Waals surface area contributed by atoms with Gasteiger partial charge < -0.3 is 0 Å². The Balaban J connectivity index is 0.00000480. The summed E-state index contributed by atoms with van der Waals surface area (Å²) in [5.74, 6) is 0. The Kier molecular flexibility index (Phi) is 12.6. The molecule has 0 aliphatic rings. The van der Waals surface area contributed by atoms with Crippen LogP contribution in [0.25, 0.3) is 0 Å². The zero-order valence-corrected chi connectivity index (χ0v) is 21.3. The van der Waals surface area contributed by atoms with E-state index in [2.05, 4.69) is 77.9 Å². The molecule has 0 saturated heterocycles. The van der Waals surface area contributed by atoms with Crippen molar-refractivity contribution in [1.29, 1.82) is 0 Å². The van der Waals surface area contributed by atoms with Crippen molar-refractivity contribution in [2.24, 2.45) is 9.98 Å². The molecule has 0 heterocycles. The first kappa shape index (κ1) is 27.3. The number of hydrogen-bond acceptors (Lipinski definition) is 2. The first-order valence-electron chi connectivity index (χ1n) is 11.7. The molecule has 0 aromatic heterocycles. The number of benzene rings is 2. The molecule has 0 spiro atoms. The molecule has 0 bridgehead atoms. The Hall–Kier alpha value is -1.73. The fourth-order valence-corrected chi connectivity index (χ4v) is 3.52. The average Bonchev–Trinajstić information content (AvgIpc) is 2.72. The SMILES string of the molecule is CCCCCC(=Nc1ccc(C)c(C)c1)C(CCCCC)=Nc1ccc(C)c(C)c1.[Ni]. The normalized spacial score (nSPS) is 12.1. The number of unbranched alkanes of at least 4 members (excludes halogenated alkanes) is 4. The number of aliphatic imine (C=N–C) groups is 2. The second-order valence-corrected chi connectivity index (χ2v) is 8.57. The van der Waals surface area contributed by atoms with Crippen LogP contribution in [-0.2, 0) is 16.5 Å². The number of aryl methyl sites for hydroxylation is 4. The Morgan fingerprint density at radius 1 is 0.581 bits per heavy atom. The van der Waals surface area contributed by atoms with Crippen molar-refractivity contribution < 1.29 is 16.5 Å². The van der Waals surface area contributed by atoms with E-state index in [-0.39, 0.29) is 16.5 Å². The first-order chi connectivity index (χ1) is 14.4. The minimum Gasteiger partial charge on any atom is -0.252 e. The predicted octanol–water partition coefficient (Wildman–Crippen LogP) is 8.92. The van der Waals surface area contributed by atoms with E-state index in [1.807, 2.05) is 0 Å². The van der Waals surface area contributed by atoms with Gasteiger partial charge >= 0.3 is 0 Å². The van der Waals surface area contributed by atoms with E-state index in [4.69, 9.17) is 9.98 Å². The van der Waals surface area contributed by atoms with Crippen LogP contribution in [0.2, 0.25) is 0 Å². The van der Waals surface area contributed by atoms with Gasteiger partial charge in [-0.15, -0.1) is 0 Å². The third-order valence-electron chi connectivity index (χ3n) is 5.88. The minimum atomic E-state index is 0. The van der Waals surface area contributed by atoms with Crippen LogP contribution >= 0.6 is 0 Å². The fraction of sp³-hybridized carbons (Fsp3) is 0.500. The molecule has 0 atom stereocenters. The molecule has 0 N–H and O–H groups in total. The van der Waals surface area contributed by atoms with Gasteiger partial charge in [-0.1, -0.05) is 51.7 Å². The molecule has 2 nitrogen and oxygen atoms in total. The summed E-state index contributed by atoms with van der Waals surface area (Å²) in [5.41, 5.74) is 9.65. The predicted molar refractivity (Wildman–Crippen MR) is 134 cm³/mol. The van der Waals surface area contributed by atoms with Crippen LogP contribution in [0.5, 0.6) is 0 Å². The van der Waals surface area contributed by atoms with Crippen molar-refractivity contribution >= 4 is 22.8 Å². The second-order valence-electron chi connectivity index (χ2n) is 8.57. The van der Waals surface area contributed by atoms with Gasteiger partial charge in [-0.25, -0.2) is 0 Å². The third-order valence-corrected chi connectivity index (χ3v) is 5.88. The van der Waals surface area contributed by atoms with Crippen LogP contribution in [0.3, 0.4) is 0 Å². The van der Waals surface area contributed by atoms with Gasteiger partial charge in [0.1, 0.15) is 0 Å². The molecule has 172 valence electrons. The first-order valence-corrected chi connectivity index (χ1v) is 11.7. The van der Waals surface area contributed by atoms with E-state index < -0.39 is 0 Å². The Bertz CT molecular complexity index is 807. The molecule has 0 saturated carbocycles. The molecule has 0 aliphatic heterocycles. The van der Waals surface area contributed by atoms with Crippen molar-refractivity contribution in [3.63, 3.8) is 0 Å². The van der Waals surface area contributed by atoms with Gasteiger partial charge in [0.15, 0.2) is 0 Å². The summed E-state index contributed by atoms with van der Waals surface area (Å²) in [6.45, 7) is 13.1. The number of hydrogen-bond donors (Lipinski definition) is 0. The van der Waals surface area contributed by atoms with Crippen LogP contribution in [0.4, 0.5) is 11.4 Å². The van der Waals surface area contributed by atoms with E-state index in [0.29, 0.717) is 0 Å². The summed E-state index contributed by atoms with van der Waals surface area (Å²) >= 11 is 0. The fourth-order valence-electron chi connectivity index (χ4n) is 3.52. The molecule has 0 unspecified atom stereocenters. The minimum absolute atomic E-state index is 0. The molecule has 0 fully saturated rings. The average molecular weight is 463 g/mol. The Labute approximate surface area is 200 Å². The van der Waals surface area contributed by atoms with Crippen molar-refractivity contribution in [3.05, 3.63) is 58.7 Å². The van der Waals surface area contributed by atoms with Gasteiger partial charge in [0, 0.05) is 16.5 Å². The van der Waals surface area contributed by atoms with Crippen LogP contribution in [0, 0.1) is 27.7 Å². The van der Waals surface area contributed by atoms with Gasteiger partial charge in [-0.3, -0.25) is 9.98 Å². The summed E-state index contributed by atoms with van der Waals surface area (Å²) in [5, 5.41) is 0. The smallest absolute Gasteiger partial charge is 0.0636 e. The largest absolute Gasteiger partial charge is 0.252 e. The molecule has 3 heteroatoms. The van der Waals surface area contributed by atoms with Gasteiger partial charge in [0.2, 0.25) is 0 Å². The van der Waals surface area contributed by atoms with E-state index in [1.165, 1.54) is 72.2 Å². The van der Waals surface area contributed by atoms with Crippen molar-refractivity contribution in [1.82, 2.24) is 0 Å². The van der Waals surface area contributed by atoms with E-state index in [1.54, 1.807) is 0 Å². The molecule has 2 aromatic carbocycles. The van der Waals surface area contributed by atoms with Gasteiger partial charge in [-0.2, -0.15) is 0 Å². The topological polar surface area (TPSA) is 24.7 Å².